The Hall–Kier alpha value is -4.01. The van der Waals surface area contributed by atoms with Crippen molar-refractivity contribution in [2.24, 2.45) is 0 Å². The molecule has 27 heavy (non-hydrogen) atoms. The van der Waals surface area contributed by atoms with Gasteiger partial charge in [-0.1, -0.05) is 12.1 Å². The fraction of sp³-hybridized carbons (Fsp3) is 0.0556. The number of benzene rings is 2. The molecule has 0 radical (unpaired) electrons. The van der Waals surface area contributed by atoms with E-state index in [1.807, 2.05) is 6.07 Å². The molecule has 0 atom stereocenters. The molecule has 0 aliphatic rings. The first-order valence-electron chi connectivity index (χ1n) is 7.94. The predicted molar refractivity (Wildman–Crippen MR) is 97.5 cm³/mol. The number of aromatic nitrogens is 2. The lowest BCUT2D eigenvalue weighted by molar-refractivity contribution is -0.384. The number of non-ortho nitro benzene ring substituents is 1. The summed E-state index contributed by atoms with van der Waals surface area (Å²) in [4.78, 5) is 39.1. The summed E-state index contributed by atoms with van der Waals surface area (Å²) in [6.07, 6.45) is 1.29. The van der Waals surface area contributed by atoms with Crippen LogP contribution in [0.4, 0.5) is 11.4 Å². The number of nitro benzene ring substituents is 1. The maximum absolute atomic E-state index is 12.6. The summed E-state index contributed by atoms with van der Waals surface area (Å²) in [5, 5.41) is 14.0. The molecule has 0 bridgehead atoms. The van der Waals surface area contributed by atoms with Gasteiger partial charge in [-0.2, -0.15) is 0 Å². The molecule has 9 nitrogen and oxygen atoms in total. The molecule has 0 aliphatic carbocycles. The Morgan fingerprint density at radius 2 is 1.93 bits per heavy atom. The van der Waals surface area contributed by atoms with Gasteiger partial charge >= 0.3 is 0 Å². The maximum atomic E-state index is 12.6. The SMILES string of the molecule is O=C(Cn1cnc2c(oc3ccccc32)c1=O)Nc1ccc([N+](=O)[O-])cc1. The molecule has 0 spiro atoms. The van der Waals surface area contributed by atoms with Crippen molar-refractivity contribution in [1.82, 2.24) is 9.55 Å². The highest BCUT2D eigenvalue weighted by Gasteiger charge is 2.14. The summed E-state index contributed by atoms with van der Waals surface area (Å²) in [6, 6.07) is 12.6. The van der Waals surface area contributed by atoms with Crippen molar-refractivity contribution >= 4 is 39.4 Å². The molecule has 0 fully saturated rings. The van der Waals surface area contributed by atoms with E-state index in [-0.39, 0.29) is 17.8 Å². The lowest BCUT2D eigenvalue weighted by Crippen LogP contribution is -2.27. The molecule has 0 unspecified atom stereocenters. The number of carbonyl (C=O) groups excluding carboxylic acids is 1. The van der Waals surface area contributed by atoms with Crippen molar-refractivity contribution in [2.75, 3.05) is 5.32 Å². The third-order valence-corrected chi connectivity index (χ3v) is 4.03. The monoisotopic (exact) mass is 364 g/mol. The average Bonchev–Trinajstić information content (AvgIpc) is 3.04. The standard InChI is InChI=1S/C18H12N4O5/c23-15(20-11-5-7-12(8-6-11)22(25)26)9-21-10-19-16-13-3-1-2-4-14(13)27-17(16)18(21)24/h1-8,10H,9H2,(H,20,23). The first kappa shape index (κ1) is 16.5. The van der Waals surface area contributed by atoms with Crippen LogP contribution >= 0.6 is 0 Å². The minimum absolute atomic E-state index is 0.0799. The summed E-state index contributed by atoms with van der Waals surface area (Å²) in [6.45, 7) is -0.268. The Balaban J connectivity index is 1.58. The van der Waals surface area contributed by atoms with E-state index in [2.05, 4.69) is 10.3 Å². The number of para-hydroxylation sites is 1. The molecule has 2 aromatic heterocycles. The molecule has 4 rings (SSSR count). The highest BCUT2D eigenvalue weighted by atomic mass is 16.6. The highest BCUT2D eigenvalue weighted by Crippen LogP contribution is 2.24. The molecule has 1 N–H and O–H groups in total. The number of nitrogens with zero attached hydrogens (tertiary/aromatic N) is 3. The fourth-order valence-corrected chi connectivity index (χ4v) is 2.75. The number of hydrogen-bond acceptors (Lipinski definition) is 6. The normalized spacial score (nSPS) is 11.0. The Bertz CT molecular complexity index is 1240. The molecule has 0 saturated heterocycles. The molecular formula is C18H12N4O5. The molecule has 1 amide bonds. The Morgan fingerprint density at radius 3 is 2.67 bits per heavy atom. The van der Waals surface area contributed by atoms with E-state index in [1.165, 1.54) is 30.6 Å². The summed E-state index contributed by atoms with van der Waals surface area (Å²) < 4.78 is 6.71. The van der Waals surface area contributed by atoms with E-state index in [4.69, 9.17) is 4.42 Å². The van der Waals surface area contributed by atoms with Crippen molar-refractivity contribution in [3.05, 3.63) is 75.3 Å². The van der Waals surface area contributed by atoms with Gasteiger partial charge in [-0.15, -0.1) is 0 Å². The lowest BCUT2D eigenvalue weighted by Gasteiger charge is -2.06. The van der Waals surface area contributed by atoms with E-state index in [1.54, 1.807) is 18.2 Å². The first-order chi connectivity index (χ1) is 13.0. The van der Waals surface area contributed by atoms with E-state index < -0.39 is 16.4 Å². The smallest absolute Gasteiger partial charge is 0.297 e. The summed E-state index contributed by atoms with van der Waals surface area (Å²) >= 11 is 0. The largest absolute Gasteiger partial charge is 0.448 e. The van der Waals surface area contributed by atoms with Crippen molar-refractivity contribution in [3.63, 3.8) is 0 Å². The van der Waals surface area contributed by atoms with Gasteiger partial charge in [-0.3, -0.25) is 24.3 Å². The Kier molecular flexibility index (Phi) is 3.88. The zero-order chi connectivity index (χ0) is 19.0. The quantitative estimate of drug-likeness (QED) is 0.439. The molecule has 2 heterocycles. The van der Waals surface area contributed by atoms with Gasteiger partial charge < -0.3 is 9.73 Å². The van der Waals surface area contributed by atoms with Crippen LogP contribution in [-0.4, -0.2) is 20.4 Å². The first-order valence-corrected chi connectivity index (χ1v) is 7.94. The van der Waals surface area contributed by atoms with E-state index >= 15 is 0 Å². The minimum atomic E-state index is -0.528. The van der Waals surface area contributed by atoms with Gasteiger partial charge in [0.25, 0.3) is 11.2 Å². The molecule has 134 valence electrons. The number of nitrogens with one attached hydrogen (secondary N) is 1. The van der Waals surface area contributed by atoms with Crippen LogP contribution in [0.2, 0.25) is 0 Å². The van der Waals surface area contributed by atoms with Crippen LogP contribution in [0.1, 0.15) is 0 Å². The maximum Gasteiger partial charge on any atom is 0.297 e. The van der Waals surface area contributed by atoms with Crippen molar-refractivity contribution in [3.8, 4) is 0 Å². The molecule has 0 aliphatic heterocycles. The van der Waals surface area contributed by atoms with Crippen LogP contribution in [0.25, 0.3) is 22.1 Å². The van der Waals surface area contributed by atoms with E-state index in [0.29, 0.717) is 16.8 Å². The molecular weight excluding hydrogens is 352 g/mol. The van der Waals surface area contributed by atoms with Gasteiger partial charge in [0.2, 0.25) is 11.5 Å². The summed E-state index contributed by atoms with van der Waals surface area (Å²) in [5.41, 5.74) is 0.921. The fourth-order valence-electron chi connectivity index (χ4n) is 2.75. The van der Waals surface area contributed by atoms with Crippen LogP contribution in [-0.2, 0) is 11.3 Å². The number of carbonyl (C=O) groups is 1. The average molecular weight is 364 g/mol. The zero-order valence-electron chi connectivity index (χ0n) is 13.8. The van der Waals surface area contributed by atoms with Gasteiger partial charge in [0.1, 0.15) is 17.6 Å². The van der Waals surface area contributed by atoms with Crippen molar-refractivity contribution < 1.29 is 14.1 Å². The van der Waals surface area contributed by atoms with E-state index in [9.17, 15) is 19.7 Å². The van der Waals surface area contributed by atoms with Crippen LogP contribution in [0, 0.1) is 10.1 Å². The van der Waals surface area contributed by atoms with Crippen molar-refractivity contribution in [1.29, 1.82) is 0 Å². The number of rotatable bonds is 4. The minimum Gasteiger partial charge on any atom is -0.448 e. The van der Waals surface area contributed by atoms with Gasteiger partial charge in [0.05, 0.1) is 11.3 Å². The highest BCUT2D eigenvalue weighted by molar-refractivity contribution is 6.01. The number of amides is 1. The lowest BCUT2D eigenvalue weighted by atomic mass is 10.2. The molecule has 4 aromatic rings. The van der Waals surface area contributed by atoms with Gasteiger partial charge in [-0.05, 0) is 24.3 Å². The van der Waals surface area contributed by atoms with Crippen molar-refractivity contribution in [2.45, 2.75) is 6.54 Å². The zero-order valence-corrected chi connectivity index (χ0v) is 13.8. The topological polar surface area (TPSA) is 120 Å². The van der Waals surface area contributed by atoms with Crippen LogP contribution in [0.5, 0.6) is 0 Å². The third kappa shape index (κ3) is 3.01. The van der Waals surface area contributed by atoms with Gasteiger partial charge in [0, 0.05) is 23.2 Å². The summed E-state index contributed by atoms with van der Waals surface area (Å²) in [7, 11) is 0. The van der Waals surface area contributed by atoms with Crippen LogP contribution in [0.3, 0.4) is 0 Å². The molecule has 0 saturated carbocycles. The Labute approximate surface area is 151 Å². The van der Waals surface area contributed by atoms with Crippen LogP contribution < -0.4 is 10.9 Å². The number of hydrogen-bond donors (Lipinski definition) is 1. The third-order valence-electron chi connectivity index (χ3n) is 4.03. The second kappa shape index (κ2) is 6.37. The van der Waals surface area contributed by atoms with Gasteiger partial charge in [-0.25, -0.2) is 4.98 Å². The van der Waals surface area contributed by atoms with Gasteiger partial charge in [0.15, 0.2) is 0 Å². The summed E-state index contributed by atoms with van der Waals surface area (Å²) in [5.74, 6) is -0.469. The number of furan rings is 1. The number of anilines is 1. The molecule has 9 heteroatoms. The van der Waals surface area contributed by atoms with Crippen LogP contribution in [0.15, 0.2) is 64.1 Å². The number of nitro groups is 1. The second-order valence-electron chi connectivity index (χ2n) is 5.81. The van der Waals surface area contributed by atoms with E-state index in [0.717, 1.165) is 9.95 Å². The predicted octanol–water partition coefficient (Wildman–Crippen LogP) is 2.69. The number of fused-ring (bicyclic) bond motifs is 3. The Morgan fingerprint density at radius 1 is 1.19 bits per heavy atom. The molecule has 2 aromatic carbocycles. The second-order valence-corrected chi connectivity index (χ2v) is 5.81.